The largest absolute Gasteiger partial charge is 0.490 e. The lowest BCUT2D eigenvalue weighted by molar-refractivity contribution is 0.163. The van der Waals surface area contributed by atoms with Crippen molar-refractivity contribution in [1.82, 2.24) is 25.8 Å². The summed E-state index contributed by atoms with van der Waals surface area (Å²) in [4.78, 5) is 55.6. The van der Waals surface area contributed by atoms with E-state index in [0.29, 0.717) is 35.4 Å². The van der Waals surface area contributed by atoms with Crippen LogP contribution in [0.15, 0.2) is 320 Å². The van der Waals surface area contributed by atoms with Crippen molar-refractivity contribution in [2.75, 3.05) is 6.61 Å². The Morgan fingerprint density at radius 1 is 0.319 bits per heavy atom. The number of aromatic nitrogens is 5. The van der Waals surface area contributed by atoms with Gasteiger partial charge in [0.15, 0.2) is 34.9 Å². The van der Waals surface area contributed by atoms with E-state index < -0.39 is 0 Å². The van der Waals surface area contributed by atoms with Crippen molar-refractivity contribution in [2.24, 2.45) is 0 Å². The maximum absolute atomic E-state index is 11.2. The predicted octanol–water partition coefficient (Wildman–Crippen LogP) is 18.6. The number of aromatic amines is 5. The van der Waals surface area contributed by atoms with E-state index in [-0.39, 0.29) is 63.7 Å². The van der Waals surface area contributed by atoms with Gasteiger partial charge >= 0.3 is 0 Å². The molecule has 10 aromatic carbocycles. The second-order valence-corrected chi connectivity index (χ2v) is 28.7. The molecular formula is C92H79N5O16. The van der Waals surface area contributed by atoms with Gasteiger partial charge in [-0.15, -0.1) is 0 Å². The van der Waals surface area contributed by atoms with Crippen LogP contribution in [0.1, 0.15) is 114 Å². The number of ether oxygens (including phenoxy) is 6. The maximum Gasteiger partial charge on any atom is 0.280 e. The van der Waals surface area contributed by atoms with Crippen LogP contribution in [0.3, 0.4) is 0 Å². The number of fused-ring (bicyclic) bond motifs is 5. The average Bonchev–Trinajstić information content (AvgIpc) is 1.72. The van der Waals surface area contributed by atoms with Crippen molar-refractivity contribution < 1.29 is 51.0 Å². The Kier molecular flexibility index (Phi) is 21.4. The first-order chi connectivity index (χ1) is 55.2. The molecule has 6 heterocycles. The van der Waals surface area contributed by atoms with Crippen LogP contribution in [-0.4, -0.2) is 38.5 Å². The molecule has 5 N–H and O–H groups in total. The lowest BCUT2D eigenvalue weighted by Gasteiger charge is -2.26. The fourth-order valence-electron chi connectivity index (χ4n) is 15.0. The molecule has 0 radical (unpaired) electrons. The van der Waals surface area contributed by atoms with Gasteiger partial charge in [0.25, 0.3) is 27.8 Å². The highest BCUT2D eigenvalue weighted by Gasteiger charge is 2.38. The molecule has 0 saturated carbocycles. The van der Waals surface area contributed by atoms with Gasteiger partial charge in [-0.05, 0) is 216 Å². The molecule has 5 aliphatic rings. The summed E-state index contributed by atoms with van der Waals surface area (Å²) in [5.41, 5.74) is 14.9. The number of aryl methyl sites for hydroxylation is 2. The minimum absolute atomic E-state index is 0.0623. The summed E-state index contributed by atoms with van der Waals surface area (Å²) in [5, 5.41) is 11.4. The fourth-order valence-corrected chi connectivity index (χ4v) is 15.0. The highest BCUT2D eigenvalue weighted by Crippen LogP contribution is 2.47. The monoisotopic (exact) mass is 1510 g/mol. The Balaban J connectivity index is 0.000000107. The van der Waals surface area contributed by atoms with Gasteiger partial charge in [-0.25, -0.2) is 0 Å². The van der Waals surface area contributed by atoms with Gasteiger partial charge in [0, 0.05) is 46.2 Å². The first-order valence-electron chi connectivity index (χ1n) is 37.5. The van der Waals surface area contributed by atoms with Crippen molar-refractivity contribution in [3.8, 4) is 91.1 Å². The molecule has 0 spiro atoms. The fraction of sp³-hybridized carbons (Fsp3) is 0.185. The van der Waals surface area contributed by atoms with Gasteiger partial charge in [0.1, 0.15) is 65.5 Å². The minimum atomic E-state index is -0.255. The Bertz CT molecular complexity index is 5860. The predicted molar refractivity (Wildman–Crippen MR) is 426 cm³/mol. The van der Waals surface area contributed by atoms with Gasteiger partial charge in [0.05, 0.1) is 30.3 Å². The Hall–Kier alpha value is -14.0. The van der Waals surface area contributed by atoms with Gasteiger partial charge in [-0.3, -0.25) is 24.0 Å². The number of H-pyrrole nitrogens is 5. The normalized spacial score (nSPS) is 16.4. The highest BCUT2D eigenvalue weighted by atomic mass is 16.5. The van der Waals surface area contributed by atoms with Crippen LogP contribution >= 0.6 is 0 Å². The zero-order chi connectivity index (χ0) is 77.2. The SMILES string of the molecule is CC1(C)CC(Oc2ccc(-c3cc(=O)[nH]o3)cc2)c2ccccc21.O=c1cc(-c2ccc(OC3CCCc4ccccc43)cc2)o[nH]1.O=c1cc(-c2ccc(OC3CCc4ccccc43)cc2)o[nH]1.O=c1cc(-c2ccc(OC3COc4ccccc43)cc2)o[nH]1.O=c1cc(-c2ccc(OC3Cc4ccccc4C3)cc2)o[nH]1. The lowest BCUT2D eigenvalue weighted by Crippen LogP contribution is -2.16. The van der Waals surface area contributed by atoms with E-state index in [1.165, 1.54) is 74.8 Å². The van der Waals surface area contributed by atoms with E-state index in [2.05, 4.69) is 137 Å². The minimum Gasteiger partial charge on any atom is -0.490 e. The van der Waals surface area contributed by atoms with Gasteiger partial charge in [-0.2, -0.15) is 25.8 Å². The highest BCUT2D eigenvalue weighted by molar-refractivity contribution is 5.62. The van der Waals surface area contributed by atoms with Gasteiger partial charge < -0.3 is 51.0 Å². The summed E-state index contributed by atoms with van der Waals surface area (Å²) in [6, 6.07) is 86.7. The molecule has 0 amide bonds. The van der Waals surface area contributed by atoms with Crippen LogP contribution in [0.4, 0.5) is 0 Å². The van der Waals surface area contributed by atoms with Crippen LogP contribution in [0.25, 0.3) is 56.6 Å². The topological polar surface area (TPSA) is 285 Å². The Labute approximate surface area is 647 Å². The van der Waals surface area contributed by atoms with Crippen molar-refractivity contribution >= 4 is 0 Å². The van der Waals surface area contributed by atoms with Crippen LogP contribution in [-0.2, 0) is 31.1 Å². The van der Waals surface area contributed by atoms with E-state index in [9.17, 15) is 24.0 Å². The lowest BCUT2D eigenvalue weighted by atomic mass is 9.87. The van der Waals surface area contributed by atoms with Crippen molar-refractivity contribution in [1.29, 1.82) is 0 Å². The summed E-state index contributed by atoms with van der Waals surface area (Å²) in [6.45, 7) is 5.02. The van der Waals surface area contributed by atoms with Gasteiger partial charge in [-0.1, -0.05) is 129 Å². The number of benzene rings is 10. The second kappa shape index (κ2) is 33.1. The molecule has 21 nitrogen and oxygen atoms in total. The van der Waals surface area contributed by atoms with Crippen LogP contribution < -0.4 is 56.2 Å². The summed E-state index contributed by atoms with van der Waals surface area (Å²) < 4.78 is 61.6. The van der Waals surface area contributed by atoms with Crippen molar-refractivity contribution in [3.63, 3.8) is 0 Å². The standard InChI is InChI=1S/C20H19NO3.C19H17NO3.2C18H15NO3.C17H13NO4/c1-20(2)12-18(15-5-3-4-6-16(15)20)23-14-9-7-13(8-10-14)17-11-19(22)21-24-17;21-19-12-18(23-20-19)14-8-10-15(11-9-14)22-17-7-3-5-13-4-1-2-6-16(13)17;20-18-11-17(22-19-18)13-5-8-14(9-6-13)21-16-10-7-12-3-1-2-4-15(12)16;20-18-11-17(22-19-18)12-5-7-15(8-6-12)21-16-9-13-3-1-2-4-14(13)10-16;19-17-9-15(22-18-17)11-5-7-12(8-6-11)21-16-10-20-14-4-2-1-3-13(14)16/h3-11,18H,12H2,1-2H3,(H,21,22);1-2,4,6,8-12,17H,3,5,7H2,(H,20,21);1-6,8-9,11,16H,7,10H2,(H,19,20);1-8,11,16H,9-10H2,(H,19,20);1-9,16H,10H2,(H,18,19). The van der Waals surface area contributed by atoms with E-state index in [0.717, 1.165) is 119 Å². The summed E-state index contributed by atoms with van der Waals surface area (Å²) in [7, 11) is 0. The quantitative estimate of drug-likeness (QED) is 0.0637. The molecule has 0 bridgehead atoms. The van der Waals surface area contributed by atoms with E-state index >= 15 is 0 Å². The van der Waals surface area contributed by atoms with E-state index in [1.807, 2.05) is 146 Å². The average molecular weight is 1510 g/mol. The third-order valence-corrected chi connectivity index (χ3v) is 20.5. The Morgan fingerprint density at radius 2 is 0.646 bits per heavy atom. The molecule has 21 heteroatoms. The molecule has 5 aromatic heterocycles. The van der Waals surface area contributed by atoms with Crippen LogP contribution in [0.5, 0.6) is 34.5 Å². The van der Waals surface area contributed by atoms with Crippen LogP contribution in [0.2, 0.25) is 0 Å². The zero-order valence-corrected chi connectivity index (χ0v) is 61.8. The number of nitrogens with one attached hydrogen (secondary N) is 5. The summed E-state index contributed by atoms with van der Waals surface area (Å²) >= 11 is 0. The summed E-state index contributed by atoms with van der Waals surface area (Å²) in [5.74, 6) is 7.54. The summed E-state index contributed by atoms with van der Waals surface area (Å²) in [6.07, 6.45) is 8.61. The number of hydrogen-bond donors (Lipinski definition) is 5. The molecule has 4 unspecified atom stereocenters. The number of para-hydroxylation sites is 1. The molecule has 4 atom stereocenters. The smallest absolute Gasteiger partial charge is 0.280 e. The van der Waals surface area contributed by atoms with Crippen molar-refractivity contribution in [3.05, 3.63) is 375 Å². The Morgan fingerprint density at radius 3 is 1.05 bits per heavy atom. The third-order valence-electron chi connectivity index (χ3n) is 20.5. The van der Waals surface area contributed by atoms with Crippen molar-refractivity contribution in [2.45, 2.75) is 101 Å². The first-order valence-corrected chi connectivity index (χ1v) is 37.5. The molecule has 4 aliphatic carbocycles. The molecule has 568 valence electrons. The number of hydrogen-bond acceptors (Lipinski definition) is 16. The molecule has 0 fully saturated rings. The zero-order valence-electron chi connectivity index (χ0n) is 61.8. The van der Waals surface area contributed by atoms with Crippen LogP contribution in [0, 0.1) is 0 Å². The molecular weight excluding hydrogens is 1430 g/mol. The number of rotatable bonds is 15. The maximum atomic E-state index is 11.2. The van der Waals surface area contributed by atoms with Gasteiger partial charge in [0.2, 0.25) is 0 Å². The first kappa shape index (κ1) is 73.2. The van der Waals surface area contributed by atoms with E-state index in [1.54, 1.807) is 0 Å². The molecule has 20 rings (SSSR count). The molecule has 0 saturated heterocycles. The molecule has 113 heavy (non-hydrogen) atoms. The molecule has 1 aliphatic heterocycles. The second-order valence-electron chi connectivity index (χ2n) is 28.7. The van der Waals surface area contributed by atoms with E-state index in [4.69, 9.17) is 51.0 Å². The third kappa shape index (κ3) is 17.5. The molecule has 15 aromatic rings.